The number of benzene rings is 11. The molecule has 0 aliphatic carbocycles. The zero-order valence-corrected chi connectivity index (χ0v) is 30.5. The van der Waals surface area contributed by atoms with Crippen molar-refractivity contribution in [3.63, 3.8) is 0 Å². The van der Waals surface area contributed by atoms with Crippen LogP contribution in [0.15, 0.2) is 206 Å². The van der Waals surface area contributed by atoms with E-state index in [4.69, 9.17) is 0 Å². The number of fused-ring (bicyclic) bond motifs is 12. The van der Waals surface area contributed by atoms with Crippen LogP contribution in [0.3, 0.4) is 0 Å². The fourth-order valence-electron chi connectivity index (χ4n) is 9.35. The molecule has 1 aromatic heterocycles. The molecule has 0 bridgehead atoms. The topological polar surface area (TPSA) is 8.17 Å². The van der Waals surface area contributed by atoms with Crippen LogP contribution in [0.2, 0.25) is 0 Å². The van der Waals surface area contributed by atoms with Crippen molar-refractivity contribution in [1.82, 2.24) is 4.57 Å². The van der Waals surface area contributed by atoms with Gasteiger partial charge in [-0.3, -0.25) is 0 Å². The summed E-state index contributed by atoms with van der Waals surface area (Å²) < 4.78 is 2.45. The Morgan fingerprint density at radius 1 is 0.268 bits per heavy atom. The number of para-hydroxylation sites is 1. The Labute approximate surface area is 323 Å². The van der Waals surface area contributed by atoms with E-state index in [9.17, 15) is 0 Å². The number of anilines is 3. The highest BCUT2D eigenvalue weighted by molar-refractivity contribution is 6.29. The first kappa shape index (κ1) is 31.0. The summed E-state index contributed by atoms with van der Waals surface area (Å²) in [6.45, 7) is 0. The second kappa shape index (κ2) is 12.0. The lowest BCUT2D eigenvalue weighted by atomic mass is 9.92. The molecule has 0 saturated carbocycles. The Morgan fingerprint density at radius 3 is 1.48 bits per heavy atom. The van der Waals surface area contributed by atoms with Gasteiger partial charge < -0.3 is 9.47 Å². The van der Waals surface area contributed by atoms with Gasteiger partial charge in [0.15, 0.2) is 0 Å². The van der Waals surface area contributed by atoms with Crippen LogP contribution in [0.4, 0.5) is 17.1 Å². The first-order valence-electron chi connectivity index (χ1n) is 19.3. The number of rotatable bonds is 4. The molecule has 2 heteroatoms. The summed E-state index contributed by atoms with van der Waals surface area (Å²) in [5.41, 5.74) is 7.05. The molecule has 0 radical (unpaired) electrons. The van der Waals surface area contributed by atoms with Crippen molar-refractivity contribution in [3.8, 4) is 5.69 Å². The van der Waals surface area contributed by atoms with Gasteiger partial charge >= 0.3 is 0 Å². The number of hydrogen-bond donors (Lipinski definition) is 0. The molecule has 0 N–H and O–H groups in total. The molecule has 0 spiro atoms. The van der Waals surface area contributed by atoms with Crippen molar-refractivity contribution >= 4 is 104 Å². The van der Waals surface area contributed by atoms with Gasteiger partial charge in [-0.25, -0.2) is 0 Å². The first-order valence-corrected chi connectivity index (χ1v) is 19.3. The summed E-state index contributed by atoms with van der Waals surface area (Å²) in [5.74, 6) is 0. The van der Waals surface area contributed by atoms with Crippen molar-refractivity contribution in [2.45, 2.75) is 0 Å². The quantitative estimate of drug-likeness (QED) is 0.165. The summed E-state index contributed by atoms with van der Waals surface area (Å²) in [5, 5.41) is 17.4. The maximum absolute atomic E-state index is 2.46. The highest BCUT2D eigenvalue weighted by Crippen LogP contribution is 2.46. The lowest BCUT2D eigenvalue weighted by Gasteiger charge is -2.28. The molecular formula is C54H34N2. The van der Waals surface area contributed by atoms with Crippen molar-refractivity contribution in [2.24, 2.45) is 0 Å². The molecule has 11 aromatic carbocycles. The highest BCUT2D eigenvalue weighted by Gasteiger charge is 2.21. The molecule has 56 heavy (non-hydrogen) atoms. The standard InChI is InChI=1S/C54H34N2/c1-2-16-38-31-39(28-27-35(38)13-1)56-53-24-10-9-23-46(53)50-33-48-45-30-29-40(32-47(45)43-21-7-8-22-44(43)49(48)34-54(50)56)55(51-25-11-17-36-14-3-5-19-41(36)51)52-26-12-18-37-15-4-6-20-42(37)52/h1-34H. The zero-order valence-electron chi connectivity index (χ0n) is 30.5. The fraction of sp³-hybridized carbons (Fsp3) is 0. The van der Waals surface area contributed by atoms with E-state index in [0.29, 0.717) is 0 Å². The van der Waals surface area contributed by atoms with Crippen molar-refractivity contribution in [1.29, 1.82) is 0 Å². The Morgan fingerprint density at radius 2 is 0.786 bits per heavy atom. The molecule has 0 unspecified atom stereocenters. The molecule has 2 nitrogen and oxygen atoms in total. The van der Waals surface area contributed by atoms with Crippen molar-refractivity contribution in [3.05, 3.63) is 206 Å². The fourth-order valence-corrected chi connectivity index (χ4v) is 9.35. The molecule has 1 heterocycles. The minimum Gasteiger partial charge on any atom is -0.309 e. The van der Waals surface area contributed by atoms with E-state index in [1.165, 1.54) is 92.1 Å². The summed E-state index contributed by atoms with van der Waals surface area (Å²) in [6.07, 6.45) is 0. The molecule has 0 saturated heterocycles. The van der Waals surface area contributed by atoms with E-state index in [-0.39, 0.29) is 0 Å². The Bertz CT molecular complexity index is 3460. The van der Waals surface area contributed by atoms with E-state index in [0.717, 1.165) is 17.1 Å². The van der Waals surface area contributed by atoms with Crippen LogP contribution in [-0.2, 0) is 0 Å². The highest BCUT2D eigenvalue weighted by atomic mass is 15.1. The molecule has 0 aliphatic rings. The Balaban J connectivity index is 1.16. The average molecular weight is 711 g/mol. The molecule has 12 rings (SSSR count). The van der Waals surface area contributed by atoms with E-state index in [1.54, 1.807) is 0 Å². The second-order valence-corrected chi connectivity index (χ2v) is 14.9. The maximum Gasteiger partial charge on any atom is 0.0547 e. The normalized spacial score (nSPS) is 11.9. The minimum atomic E-state index is 1.13. The first-order chi connectivity index (χ1) is 27.8. The minimum absolute atomic E-state index is 1.13. The van der Waals surface area contributed by atoms with Crippen LogP contribution < -0.4 is 4.90 Å². The third-order valence-electron chi connectivity index (χ3n) is 11.9. The van der Waals surface area contributed by atoms with Crippen molar-refractivity contribution < 1.29 is 0 Å². The average Bonchev–Trinajstić information content (AvgIpc) is 3.59. The monoisotopic (exact) mass is 710 g/mol. The van der Waals surface area contributed by atoms with Gasteiger partial charge in [-0.1, -0.05) is 152 Å². The third-order valence-corrected chi connectivity index (χ3v) is 11.9. The summed E-state index contributed by atoms with van der Waals surface area (Å²) >= 11 is 0. The van der Waals surface area contributed by atoms with E-state index >= 15 is 0 Å². The van der Waals surface area contributed by atoms with Crippen LogP contribution in [0.1, 0.15) is 0 Å². The van der Waals surface area contributed by atoms with Crippen LogP contribution >= 0.6 is 0 Å². The molecule has 0 aliphatic heterocycles. The molecular weight excluding hydrogens is 677 g/mol. The van der Waals surface area contributed by atoms with Gasteiger partial charge in [-0.05, 0) is 108 Å². The summed E-state index contributed by atoms with van der Waals surface area (Å²) in [7, 11) is 0. The Kier molecular flexibility index (Phi) is 6.66. The molecule has 0 amide bonds. The molecule has 0 atom stereocenters. The van der Waals surface area contributed by atoms with E-state index < -0.39 is 0 Å². The van der Waals surface area contributed by atoms with Gasteiger partial charge in [-0.2, -0.15) is 0 Å². The number of aromatic nitrogens is 1. The molecule has 0 fully saturated rings. The van der Waals surface area contributed by atoms with Gasteiger partial charge in [0.2, 0.25) is 0 Å². The van der Waals surface area contributed by atoms with Crippen LogP contribution in [0, 0.1) is 0 Å². The predicted molar refractivity (Wildman–Crippen MR) is 240 cm³/mol. The van der Waals surface area contributed by atoms with Gasteiger partial charge in [0, 0.05) is 32.9 Å². The molecule has 12 aromatic rings. The lowest BCUT2D eigenvalue weighted by molar-refractivity contribution is 1.19. The third kappa shape index (κ3) is 4.57. The van der Waals surface area contributed by atoms with Gasteiger partial charge in [0.1, 0.15) is 0 Å². The summed E-state index contributed by atoms with van der Waals surface area (Å²) in [6, 6.07) is 76.0. The van der Waals surface area contributed by atoms with Crippen LogP contribution in [-0.4, -0.2) is 4.57 Å². The predicted octanol–water partition coefficient (Wildman–Crippen LogP) is 15.2. The SMILES string of the molecule is c1ccc2cc(-n3c4ccccc4c4cc5c6ccc(N(c7cccc8ccccc78)c7cccc8ccccc78)cc6c6ccccc6c5cc43)ccc2c1. The number of hydrogen-bond acceptors (Lipinski definition) is 1. The van der Waals surface area contributed by atoms with Gasteiger partial charge in [0.05, 0.1) is 22.4 Å². The maximum atomic E-state index is 2.46. The largest absolute Gasteiger partial charge is 0.309 e. The Hall–Kier alpha value is -7.42. The van der Waals surface area contributed by atoms with Crippen LogP contribution in [0.25, 0.3) is 92.1 Å². The summed E-state index contributed by atoms with van der Waals surface area (Å²) in [4.78, 5) is 2.46. The second-order valence-electron chi connectivity index (χ2n) is 14.9. The molecule has 260 valence electrons. The van der Waals surface area contributed by atoms with Gasteiger partial charge in [0.25, 0.3) is 0 Å². The number of nitrogens with zero attached hydrogens (tertiary/aromatic N) is 2. The van der Waals surface area contributed by atoms with E-state index in [2.05, 4.69) is 216 Å². The van der Waals surface area contributed by atoms with Gasteiger partial charge in [-0.15, -0.1) is 0 Å². The smallest absolute Gasteiger partial charge is 0.0547 e. The van der Waals surface area contributed by atoms with Crippen molar-refractivity contribution in [2.75, 3.05) is 4.90 Å². The van der Waals surface area contributed by atoms with E-state index in [1.807, 2.05) is 0 Å². The zero-order chi connectivity index (χ0) is 36.7. The lowest BCUT2D eigenvalue weighted by Crippen LogP contribution is -2.11. The van der Waals surface area contributed by atoms with Crippen LogP contribution in [0.5, 0.6) is 0 Å².